The van der Waals surface area contributed by atoms with Crippen LogP contribution in [0.25, 0.3) is 0 Å². The van der Waals surface area contributed by atoms with Gasteiger partial charge in [0, 0.05) is 17.6 Å². The van der Waals surface area contributed by atoms with Crippen LogP contribution in [0.15, 0.2) is 24.3 Å². The Morgan fingerprint density at radius 2 is 1.87 bits per heavy atom. The molecule has 0 saturated heterocycles. The first-order chi connectivity index (χ1) is 7.14. The summed E-state index contributed by atoms with van der Waals surface area (Å²) in [7, 11) is -2.11. The van der Waals surface area contributed by atoms with Crippen molar-refractivity contribution >= 4 is 12.4 Å². The summed E-state index contributed by atoms with van der Waals surface area (Å²) in [4.78, 5) is 0. The summed E-state index contributed by atoms with van der Waals surface area (Å²) in [6, 6.07) is 8.11. The van der Waals surface area contributed by atoms with E-state index in [1.54, 1.807) is 0 Å². The van der Waals surface area contributed by atoms with Crippen LogP contribution in [-0.4, -0.2) is 12.3 Å². The Kier molecular flexibility index (Phi) is 4.60. The second-order valence-electron chi connectivity index (χ2n) is 4.07. The van der Waals surface area contributed by atoms with Crippen LogP contribution in [0.4, 0.5) is 0 Å². The van der Waals surface area contributed by atoms with Gasteiger partial charge >= 0.3 is 0 Å². The van der Waals surface area contributed by atoms with Crippen LogP contribution in [0, 0.1) is 6.92 Å². The average Bonchev–Trinajstić information content (AvgIpc) is 2.26. The molecule has 15 heavy (non-hydrogen) atoms. The second kappa shape index (κ2) is 5.51. The summed E-state index contributed by atoms with van der Waals surface area (Å²) in [5.74, 6) is 0. The van der Waals surface area contributed by atoms with Crippen LogP contribution in [0.2, 0.25) is 0 Å². The normalized spacial score (nSPS) is 14.9. The van der Waals surface area contributed by atoms with Gasteiger partial charge < -0.3 is 4.57 Å². The molecule has 0 saturated carbocycles. The van der Waals surface area contributed by atoms with Crippen molar-refractivity contribution in [1.82, 2.24) is 0 Å². The molecule has 84 valence electrons. The van der Waals surface area contributed by atoms with Gasteiger partial charge in [-0.25, -0.2) is 0 Å². The Labute approximate surface area is 93.3 Å². The molecule has 0 spiro atoms. The van der Waals surface area contributed by atoms with Crippen LogP contribution >= 0.6 is 7.14 Å². The second-order valence-corrected chi connectivity index (χ2v) is 7.41. The number of unbranched alkanes of at least 4 members (excludes halogenated alkanes) is 1. The zero-order chi connectivity index (χ0) is 11.3. The Bertz CT molecular complexity index is 357. The lowest BCUT2D eigenvalue weighted by molar-refractivity contribution is 0.579. The molecule has 0 bridgehead atoms. The smallest absolute Gasteiger partial charge is 0.115 e. The summed E-state index contributed by atoms with van der Waals surface area (Å²) < 4.78 is 12.8. The van der Waals surface area contributed by atoms with Crippen LogP contribution in [0.3, 0.4) is 0 Å². The molecule has 1 atom stereocenters. The summed E-state index contributed by atoms with van der Waals surface area (Å²) in [6.07, 6.45) is 3.85. The number of hydrogen-bond donors (Lipinski definition) is 0. The number of rotatable bonds is 5. The van der Waals surface area contributed by atoms with Gasteiger partial charge in [0.2, 0.25) is 0 Å². The molecule has 1 rings (SSSR count). The molecule has 0 aliphatic heterocycles. The zero-order valence-electron chi connectivity index (χ0n) is 9.99. The van der Waals surface area contributed by atoms with Crippen molar-refractivity contribution in [2.45, 2.75) is 33.6 Å². The lowest BCUT2D eigenvalue weighted by atomic mass is 10.2. The molecule has 0 aliphatic carbocycles. The fourth-order valence-electron chi connectivity index (χ4n) is 1.88. The maximum atomic E-state index is 12.8. The zero-order valence-corrected chi connectivity index (χ0v) is 10.9. The highest BCUT2D eigenvalue weighted by Gasteiger charge is 2.22. The van der Waals surface area contributed by atoms with E-state index in [2.05, 4.69) is 19.9 Å². The highest BCUT2D eigenvalue weighted by atomic mass is 31.2. The monoisotopic (exact) mass is 224 g/mol. The van der Waals surface area contributed by atoms with Gasteiger partial charge in [0.15, 0.2) is 0 Å². The van der Waals surface area contributed by atoms with E-state index in [0.717, 1.165) is 30.5 Å². The maximum absolute atomic E-state index is 12.8. The van der Waals surface area contributed by atoms with E-state index in [-0.39, 0.29) is 0 Å². The van der Waals surface area contributed by atoms with E-state index in [4.69, 9.17) is 0 Å². The molecule has 1 aromatic carbocycles. The van der Waals surface area contributed by atoms with Gasteiger partial charge in [-0.2, -0.15) is 0 Å². The largest absolute Gasteiger partial charge is 0.319 e. The Morgan fingerprint density at radius 3 is 2.40 bits per heavy atom. The Morgan fingerprint density at radius 1 is 1.20 bits per heavy atom. The van der Waals surface area contributed by atoms with E-state index in [0.29, 0.717) is 0 Å². The molecule has 0 aromatic heterocycles. The SMILES string of the molecule is CCCCP(=O)(CC)c1ccccc1C. The van der Waals surface area contributed by atoms with Gasteiger partial charge in [0.1, 0.15) is 7.14 Å². The molecule has 1 aromatic rings. The highest BCUT2D eigenvalue weighted by molar-refractivity contribution is 7.71. The van der Waals surface area contributed by atoms with Crippen molar-refractivity contribution < 1.29 is 4.57 Å². The number of aryl methyl sites for hydroxylation is 1. The molecule has 1 nitrogen and oxygen atoms in total. The topological polar surface area (TPSA) is 17.1 Å². The molecule has 0 N–H and O–H groups in total. The molecule has 0 aliphatic rings. The van der Waals surface area contributed by atoms with Crippen LogP contribution in [0.1, 0.15) is 32.3 Å². The predicted molar refractivity (Wildman–Crippen MR) is 68.7 cm³/mol. The quantitative estimate of drug-likeness (QED) is 0.695. The molecule has 0 radical (unpaired) electrons. The third-order valence-corrected chi connectivity index (χ3v) is 6.38. The highest BCUT2D eigenvalue weighted by Crippen LogP contribution is 2.45. The minimum Gasteiger partial charge on any atom is -0.319 e. The first-order valence-electron chi connectivity index (χ1n) is 5.78. The molecule has 0 fully saturated rings. The number of benzene rings is 1. The number of hydrogen-bond acceptors (Lipinski definition) is 1. The van der Waals surface area contributed by atoms with E-state index >= 15 is 0 Å². The third-order valence-electron chi connectivity index (χ3n) is 2.94. The van der Waals surface area contributed by atoms with E-state index in [9.17, 15) is 4.57 Å². The minimum absolute atomic E-state index is 0.790. The van der Waals surface area contributed by atoms with Gasteiger partial charge in [-0.3, -0.25) is 0 Å². The lowest BCUT2D eigenvalue weighted by Gasteiger charge is -2.18. The molecule has 0 heterocycles. The van der Waals surface area contributed by atoms with Crippen LogP contribution in [0.5, 0.6) is 0 Å². The molecule has 0 amide bonds. The van der Waals surface area contributed by atoms with Gasteiger partial charge in [0.25, 0.3) is 0 Å². The molecular weight excluding hydrogens is 203 g/mol. The summed E-state index contributed by atoms with van der Waals surface area (Å²) in [5, 5.41) is 1.10. The van der Waals surface area contributed by atoms with E-state index in [1.807, 2.05) is 25.1 Å². The van der Waals surface area contributed by atoms with E-state index < -0.39 is 7.14 Å². The summed E-state index contributed by atoms with van der Waals surface area (Å²) >= 11 is 0. The Balaban J connectivity index is 3.01. The first kappa shape index (κ1) is 12.5. The Hall–Kier alpha value is -0.550. The van der Waals surface area contributed by atoms with Crippen molar-refractivity contribution in [3.8, 4) is 0 Å². The summed E-state index contributed by atoms with van der Waals surface area (Å²) in [5.41, 5.74) is 1.18. The third kappa shape index (κ3) is 2.95. The molecular formula is C13H21OP. The standard InChI is InChI=1S/C13H21OP/c1-4-6-11-15(14,5-2)13-10-8-7-9-12(13)3/h7-10H,4-6,11H2,1-3H3. The maximum Gasteiger partial charge on any atom is 0.115 e. The van der Waals surface area contributed by atoms with Gasteiger partial charge in [-0.1, -0.05) is 44.5 Å². The van der Waals surface area contributed by atoms with Gasteiger partial charge in [-0.05, 0) is 18.9 Å². The van der Waals surface area contributed by atoms with Gasteiger partial charge in [-0.15, -0.1) is 0 Å². The van der Waals surface area contributed by atoms with E-state index in [1.165, 1.54) is 5.56 Å². The van der Waals surface area contributed by atoms with Crippen molar-refractivity contribution in [2.75, 3.05) is 12.3 Å². The van der Waals surface area contributed by atoms with Crippen LogP contribution < -0.4 is 5.30 Å². The fourth-order valence-corrected chi connectivity index (χ4v) is 4.68. The predicted octanol–water partition coefficient (Wildman–Crippen LogP) is 3.80. The summed E-state index contributed by atoms with van der Waals surface area (Å²) in [6.45, 7) is 6.25. The van der Waals surface area contributed by atoms with Crippen molar-refractivity contribution in [2.24, 2.45) is 0 Å². The van der Waals surface area contributed by atoms with Crippen molar-refractivity contribution in [3.05, 3.63) is 29.8 Å². The average molecular weight is 224 g/mol. The molecule has 2 heteroatoms. The van der Waals surface area contributed by atoms with Crippen LogP contribution in [-0.2, 0) is 4.57 Å². The van der Waals surface area contributed by atoms with Crippen molar-refractivity contribution in [3.63, 3.8) is 0 Å². The fraction of sp³-hybridized carbons (Fsp3) is 0.538. The lowest BCUT2D eigenvalue weighted by Crippen LogP contribution is -2.12. The minimum atomic E-state index is -2.11. The molecule has 1 unspecified atom stereocenters. The van der Waals surface area contributed by atoms with Crippen molar-refractivity contribution in [1.29, 1.82) is 0 Å². The first-order valence-corrected chi connectivity index (χ1v) is 7.86. The van der Waals surface area contributed by atoms with Gasteiger partial charge in [0.05, 0.1) is 0 Å².